The third-order valence-corrected chi connectivity index (χ3v) is 3.36. The third-order valence-electron chi connectivity index (χ3n) is 3.36. The molecule has 0 radical (unpaired) electrons. The van der Waals surface area contributed by atoms with E-state index in [1.54, 1.807) is 14.0 Å². The van der Waals surface area contributed by atoms with Crippen LogP contribution in [0.1, 0.15) is 68.7 Å². The second kappa shape index (κ2) is 10.4. The van der Waals surface area contributed by atoms with Crippen LogP contribution in [0.5, 0.6) is 0 Å². The highest BCUT2D eigenvalue weighted by atomic mass is 16.5. The smallest absolute Gasteiger partial charge is 0.167 e. The zero-order valence-corrected chi connectivity index (χ0v) is 19.2. The normalized spacial score (nSPS) is 15.0. The van der Waals surface area contributed by atoms with Gasteiger partial charge in [0.15, 0.2) is 5.54 Å². The lowest BCUT2D eigenvalue weighted by Crippen LogP contribution is -2.34. The second-order valence-corrected chi connectivity index (χ2v) is 9.60. The zero-order chi connectivity index (χ0) is 22.1. The van der Waals surface area contributed by atoms with Crippen molar-refractivity contribution in [2.75, 3.05) is 7.11 Å². The Labute approximate surface area is 171 Å². The lowest BCUT2D eigenvalue weighted by molar-refractivity contribution is 0.00493. The fraction of sp³-hybridized carbons (Fsp3) is 0.682. The van der Waals surface area contributed by atoms with Crippen LogP contribution in [0.4, 0.5) is 5.69 Å². The molecule has 1 aromatic carbocycles. The van der Waals surface area contributed by atoms with Gasteiger partial charge in [-0.2, -0.15) is 25.7 Å². The summed E-state index contributed by atoms with van der Waals surface area (Å²) in [5, 5.41) is 25.8. The van der Waals surface area contributed by atoms with Crippen molar-refractivity contribution in [3.05, 3.63) is 30.3 Å². The number of hydrogen-bond acceptors (Lipinski definition) is 6. The molecule has 1 rings (SSSR count). The largest absolute Gasteiger partial charge is 0.379 e. The molecule has 0 heterocycles. The first kappa shape index (κ1) is 25.9. The maximum absolute atomic E-state index is 9.26. The number of rotatable bonds is 5. The molecule has 28 heavy (non-hydrogen) atoms. The van der Waals surface area contributed by atoms with Crippen LogP contribution in [0, 0.1) is 11.3 Å². The Bertz CT molecular complexity index is 660. The van der Waals surface area contributed by atoms with Crippen molar-refractivity contribution in [2.24, 2.45) is 20.5 Å². The van der Waals surface area contributed by atoms with Gasteiger partial charge in [0.05, 0.1) is 28.4 Å². The van der Waals surface area contributed by atoms with E-state index >= 15 is 0 Å². The van der Waals surface area contributed by atoms with Gasteiger partial charge in [-0.3, -0.25) is 0 Å². The molecule has 0 aromatic heterocycles. The van der Waals surface area contributed by atoms with Crippen LogP contribution >= 0.6 is 0 Å². The van der Waals surface area contributed by atoms with Gasteiger partial charge in [-0.05, 0) is 74.4 Å². The Hall–Kier alpha value is -2.13. The zero-order valence-electron chi connectivity index (χ0n) is 19.2. The Morgan fingerprint density at radius 3 is 1.64 bits per heavy atom. The van der Waals surface area contributed by atoms with Crippen molar-refractivity contribution in [2.45, 2.75) is 91.0 Å². The van der Waals surface area contributed by atoms with E-state index in [-0.39, 0.29) is 11.1 Å². The molecule has 0 saturated carbocycles. The number of benzene rings is 1. The van der Waals surface area contributed by atoms with E-state index in [2.05, 4.69) is 26.5 Å². The van der Waals surface area contributed by atoms with E-state index in [1.165, 1.54) is 0 Å². The summed E-state index contributed by atoms with van der Waals surface area (Å²) in [5.74, 6) is 0. The van der Waals surface area contributed by atoms with E-state index < -0.39 is 11.1 Å². The van der Waals surface area contributed by atoms with Crippen LogP contribution in [0.3, 0.4) is 0 Å². The van der Waals surface area contributed by atoms with Gasteiger partial charge in [0.1, 0.15) is 0 Å². The lowest BCUT2D eigenvalue weighted by Gasteiger charge is -2.28. The van der Waals surface area contributed by atoms with Crippen molar-refractivity contribution < 1.29 is 4.74 Å². The van der Waals surface area contributed by atoms with Gasteiger partial charge in [-0.25, -0.2) is 0 Å². The number of nitriles is 1. The number of ether oxygens (including phenoxy) is 1. The molecule has 0 fully saturated rings. The van der Waals surface area contributed by atoms with E-state index in [9.17, 15) is 5.26 Å². The molecule has 1 aromatic rings. The first-order chi connectivity index (χ1) is 12.6. The number of hydrogen-bond donors (Lipinski definition) is 0. The Morgan fingerprint density at radius 2 is 1.29 bits per heavy atom. The highest BCUT2D eigenvalue weighted by molar-refractivity contribution is 5.35. The van der Waals surface area contributed by atoms with Gasteiger partial charge < -0.3 is 4.74 Å². The minimum atomic E-state index is -0.880. The lowest BCUT2D eigenvalue weighted by atomic mass is 9.90. The van der Waals surface area contributed by atoms with Crippen LogP contribution in [-0.4, -0.2) is 29.3 Å². The summed E-state index contributed by atoms with van der Waals surface area (Å²) in [7, 11) is 1.63. The summed E-state index contributed by atoms with van der Waals surface area (Å²) in [6.45, 7) is 17.9. The van der Waals surface area contributed by atoms with Gasteiger partial charge in [0, 0.05) is 13.5 Å². The Balaban J connectivity index is 0.000000621. The molecule has 0 aliphatic carbocycles. The molecule has 6 heteroatoms. The summed E-state index contributed by atoms with van der Waals surface area (Å²) >= 11 is 0. The monoisotopic (exact) mass is 387 g/mol. The molecule has 0 amide bonds. The van der Waals surface area contributed by atoms with Crippen molar-refractivity contribution in [3.8, 4) is 6.07 Å². The minimum Gasteiger partial charge on any atom is -0.379 e. The SMILES string of the molecule is CC(C)(C)N=NC(C)(C)C.COC(C)(C)CC(C)(C#N)N=Nc1ccccc1. The predicted molar refractivity (Wildman–Crippen MR) is 115 cm³/mol. The Kier molecular flexibility index (Phi) is 9.63. The average Bonchev–Trinajstić information content (AvgIpc) is 2.58. The van der Waals surface area contributed by atoms with E-state index in [0.29, 0.717) is 6.42 Å². The summed E-state index contributed by atoms with van der Waals surface area (Å²) in [6.07, 6.45) is 0.489. The second-order valence-electron chi connectivity index (χ2n) is 9.60. The van der Waals surface area contributed by atoms with E-state index in [0.717, 1.165) is 5.69 Å². The molecule has 1 atom stereocenters. The minimum absolute atomic E-state index is 0.0344. The fourth-order valence-electron chi connectivity index (χ4n) is 1.96. The van der Waals surface area contributed by atoms with Crippen molar-refractivity contribution in [3.63, 3.8) is 0 Å². The molecular formula is C22H37N5O. The van der Waals surface area contributed by atoms with E-state index in [1.807, 2.05) is 85.7 Å². The first-order valence-corrected chi connectivity index (χ1v) is 9.50. The summed E-state index contributed by atoms with van der Waals surface area (Å²) < 4.78 is 5.33. The van der Waals surface area contributed by atoms with E-state index in [4.69, 9.17) is 4.74 Å². The van der Waals surface area contributed by atoms with Crippen molar-refractivity contribution in [1.29, 1.82) is 5.26 Å². The van der Waals surface area contributed by atoms with Gasteiger partial charge in [0.2, 0.25) is 0 Å². The molecule has 0 aliphatic rings. The third kappa shape index (κ3) is 13.1. The van der Waals surface area contributed by atoms with Gasteiger partial charge in [-0.1, -0.05) is 18.2 Å². The first-order valence-electron chi connectivity index (χ1n) is 9.50. The number of azo groups is 2. The molecule has 156 valence electrons. The predicted octanol–water partition coefficient (Wildman–Crippen LogP) is 6.90. The van der Waals surface area contributed by atoms with Crippen LogP contribution in [-0.2, 0) is 4.74 Å². The molecule has 0 saturated heterocycles. The van der Waals surface area contributed by atoms with Crippen LogP contribution in [0.25, 0.3) is 0 Å². The van der Waals surface area contributed by atoms with Crippen LogP contribution < -0.4 is 0 Å². The topological polar surface area (TPSA) is 82.5 Å². The van der Waals surface area contributed by atoms with Crippen LogP contribution in [0.2, 0.25) is 0 Å². The maximum atomic E-state index is 9.26. The fourth-order valence-corrected chi connectivity index (χ4v) is 1.96. The average molecular weight is 388 g/mol. The highest BCUT2D eigenvalue weighted by Gasteiger charge is 2.33. The molecule has 0 aliphatic heterocycles. The van der Waals surface area contributed by atoms with Crippen molar-refractivity contribution >= 4 is 5.69 Å². The number of nitrogens with zero attached hydrogens (tertiary/aromatic N) is 5. The van der Waals surface area contributed by atoms with Gasteiger partial charge in [-0.15, -0.1) is 0 Å². The summed E-state index contributed by atoms with van der Waals surface area (Å²) in [5.41, 5.74) is -0.606. The highest BCUT2D eigenvalue weighted by Crippen LogP contribution is 2.27. The van der Waals surface area contributed by atoms with Crippen molar-refractivity contribution in [1.82, 2.24) is 0 Å². The standard InChI is InChI=1S/C14H19N3O.C8H18N2/c1-13(2,18-4)10-14(3,11-15)17-16-12-8-6-5-7-9-12;1-7(2,3)9-10-8(4,5)6/h5-9H,10H2,1-4H3;1-6H3. The molecule has 0 bridgehead atoms. The van der Waals surface area contributed by atoms with Crippen LogP contribution in [0.15, 0.2) is 50.8 Å². The van der Waals surface area contributed by atoms with Gasteiger partial charge in [0.25, 0.3) is 0 Å². The summed E-state index contributed by atoms with van der Waals surface area (Å²) in [6, 6.07) is 11.6. The molecule has 6 nitrogen and oxygen atoms in total. The Morgan fingerprint density at radius 1 is 0.821 bits per heavy atom. The maximum Gasteiger partial charge on any atom is 0.167 e. The number of methoxy groups -OCH3 is 1. The quantitative estimate of drug-likeness (QED) is 0.514. The molecule has 1 unspecified atom stereocenters. The molecule has 0 spiro atoms. The molecular weight excluding hydrogens is 350 g/mol. The van der Waals surface area contributed by atoms with Gasteiger partial charge >= 0.3 is 0 Å². The molecule has 0 N–H and O–H groups in total. The summed E-state index contributed by atoms with van der Waals surface area (Å²) in [4.78, 5) is 0.